The summed E-state index contributed by atoms with van der Waals surface area (Å²) < 4.78 is 6.00. The minimum atomic E-state index is -0.0611. The van der Waals surface area contributed by atoms with Crippen LogP contribution in [-0.2, 0) is 11.3 Å². The molecule has 0 bridgehead atoms. The molecular weight excluding hydrogens is 320 g/mol. The molecule has 1 amide bonds. The van der Waals surface area contributed by atoms with Gasteiger partial charge in [-0.15, -0.1) is 11.3 Å². The number of para-hydroxylation sites is 2. The molecule has 0 atom stereocenters. The molecule has 1 N–H and O–H groups in total. The molecule has 2 aromatic rings. The Bertz CT molecular complexity index is 630. The van der Waals surface area contributed by atoms with E-state index in [0.717, 1.165) is 15.8 Å². The topological polar surface area (TPSA) is 41.6 Å². The zero-order chi connectivity index (χ0) is 15.9. The molecule has 2 rings (SSSR count). The lowest BCUT2D eigenvalue weighted by Gasteiger charge is -2.19. The number of amides is 1. The average molecular weight is 339 g/mol. The Kier molecular flexibility index (Phi) is 6.24. The predicted molar refractivity (Wildman–Crippen MR) is 91.9 cm³/mol. The van der Waals surface area contributed by atoms with Crippen molar-refractivity contribution >= 4 is 34.5 Å². The van der Waals surface area contributed by atoms with Gasteiger partial charge in [-0.3, -0.25) is 9.69 Å². The molecular formula is C16H19ClN2O2S. The molecule has 0 aliphatic carbocycles. The van der Waals surface area contributed by atoms with E-state index in [9.17, 15) is 4.79 Å². The standard InChI is InChI=1S/C16H19ClN2O2S/c1-3-19(10-12-8-9-15(17)22-12)11-16(20)18-13-6-4-5-7-14(13)21-2/h4-9H,3,10-11H2,1-2H3,(H,18,20). The van der Waals surface area contributed by atoms with Gasteiger partial charge in [0.15, 0.2) is 0 Å². The summed E-state index contributed by atoms with van der Waals surface area (Å²) >= 11 is 7.48. The highest BCUT2D eigenvalue weighted by molar-refractivity contribution is 7.16. The lowest BCUT2D eigenvalue weighted by Crippen LogP contribution is -2.32. The fraction of sp³-hybridized carbons (Fsp3) is 0.312. The second-order valence-electron chi connectivity index (χ2n) is 4.76. The SMILES string of the molecule is CCN(CC(=O)Nc1ccccc1OC)Cc1ccc(Cl)s1. The second-order valence-corrected chi connectivity index (χ2v) is 6.56. The van der Waals surface area contributed by atoms with E-state index in [1.54, 1.807) is 18.4 Å². The van der Waals surface area contributed by atoms with Crippen LogP contribution in [0.3, 0.4) is 0 Å². The van der Waals surface area contributed by atoms with Crippen LogP contribution < -0.4 is 10.1 Å². The zero-order valence-electron chi connectivity index (χ0n) is 12.6. The monoisotopic (exact) mass is 338 g/mol. The van der Waals surface area contributed by atoms with Crippen molar-refractivity contribution in [1.29, 1.82) is 0 Å². The van der Waals surface area contributed by atoms with Crippen LogP contribution in [0.5, 0.6) is 5.75 Å². The number of benzene rings is 1. The lowest BCUT2D eigenvalue weighted by molar-refractivity contribution is -0.117. The first-order valence-corrected chi connectivity index (χ1v) is 8.21. The van der Waals surface area contributed by atoms with Crippen molar-refractivity contribution in [2.24, 2.45) is 0 Å². The van der Waals surface area contributed by atoms with Crippen LogP contribution in [0.15, 0.2) is 36.4 Å². The number of likely N-dealkylation sites (N-methyl/N-ethyl adjacent to an activating group) is 1. The number of ether oxygens (including phenoxy) is 1. The molecule has 0 unspecified atom stereocenters. The summed E-state index contributed by atoms with van der Waals surface area (Å²) in [5.74, 6) is 0.595. The largest absolute Gasteiger partial charge is 0.495 e. The number of carbonyl (C=O) groups excluding carboxylic acids is 1. The molecule has 0 spiro atoms. The Morgan fingerprint density at radius 3 is 2.73 bits per heavy atom. The highest BCUT2D eigenvalue weighted by atomic mass is 35.5. The van der Waals surface area contributed by atoms with Gasteiger partial charge in [0.1, 0.15) is 5.75 Å². The summed E-state index contributed by atoms with van der Waals surface area (Å²) in [6.07, 6.45) is 0. The molecule has 0 aliphatic rings. The van der Waals surface area contributed by atoms with Gasteiger partial charge in [0.2, 0.25) is 5.91 Å². The number of thiophene rings is 1. The highest BCUT2D eigenvalue weighted by Crippen LogP contribution is 2.24. The number of nitrogens with zero attached hydrogens (tertiary/aromatic N) is 1. The van der Waals surface area contributed by atoms with Gasteiger partial charge in [0.25, 0.3) is 0 Å². The van der Waals surface area contributed by atoms with Crippen LogP contribution in [-0.4, -0.2) is 31.0 Å². The van der Waals surface area contributed by atoms with Gasteiger partial charge >= 0.3 is 0 Å². The average Bonchev–Trinajstić information content (AvgIpc) is 2.92. The third-order valence-electron chi connectivity index (χ3n) is 3.20. The van der Waals surface area contributed by atoms with E-state index >= 15 is 0 Å². The Labute approximate surface area is 139 Å². The van der Waals surface area contributed by atoms with Gasteiger partial charge in [-0.2, -0.15) is 0 Å². The smallest absolute Gasteiger partial charge is 0.238 e. The van der Waals surface area contributed by atoms with Crippen LogP contribution in [0.1, 0.15) is 11.8 Å². The van der Waals surface area contributed by atoms with Crippen LogP contribution in [0.2, 0.25) is 4.34 Å². The summed E-state index contributed by atoms with van der Waals surface area (Å²) in [4.78, 5) is 15.4. The Hall–Kier alpha value is -1.56. The summed E-state index contributed by atoms with van der Waals surface area (Å²) in [5, 5.41) is 2.89. The fourth-order valence-electron chi connectivity index (χ4n) is 2.08. The maximum absolute atomic E-state index is 12.2. The summed E-state index contributed by atoms with van der Waals surface area (Å²) in [6, 6.07) is 11.3. The van der Waals surface area contributed by atoms with Crippen LogP contribution in [0, 0.1) is 0 Å². The molecule has 0 radical (unpaired) electrons. The van der Waals surface area contributed by atoms with Gasteiger partial charge in [0, 0.05) is 11.4 Å². The normalized spacial score (nSPS) is 10.7. The fourth-order valence-corrected chi connectivity index (χ4v) is 3.21. The number of anilines is 1. The molecule has 4 nitrogen and oxygen atoms in total. The van der Waals surface area contributed by atoms with E-state index < -0.39 is 0 Å². The number of nitrogens with one attached hydrogen (secondary N) is 1. The Morgan fingerprint density at radius 1 is 1.32 bits per heavy atom. The van der Waals surface area contributed by atoms with Gasteiger partial charge in [-0.25, -0.2) is 0 Å². The molecule has 22 heavy (non-hydrogen) atoms. The third kappa shape index (κ3) is 4.73. The van der Waals surface area contributed by atoms with Crippen molar-refractivity contribution in [3.63, 3.8) is 0 Å². The maximum atomic E-state index is 12.2. The molecule has 1 aromatic carbocycles. The van der Waals surface area contributed by atoms with Gasteiger partial charge < -0.3 is 10.1 Å². The molecule has 0 saturated carbocycles. The molecule has 1 aromatic heterocycles. The van der Waals surface area contributed by atoms with Crippen molar-refractivity contribution in [2.45, 2.75) is 13.5 Å². The number of methoxy groups -OCH3 is 1. The summed E-state index contributed by atoms with van der Waals surface area (Å²) in [7, 11) is 1.59. The van der Waals surface area contributed by atoms with E-state index in [1.165, 1.54) is 0 Å². The first kappa shape index (κ1) is 16.8. The number of carbonyl (C=O) groups is 1. The van der Waals surface area contributed by atoms with Crippen LogP contribution in [0.4, 0.5) is 5.69 Å². The Morgan fingerprint density at radius 2 is 2.09 bits per heavy atom. The molecule has 6 heteroatoms. The van der Waals surface area contributed by atoms with Crippen LogP contribution in [0.25, 0.3) is 0 Å². The summed E-state index contributed by atoms with van der Waals surface area (Å²) in [6.45, 7) is 3.86. The van der Waals surface area contributed by atoms with Crippen molar-refractivity contribution in [1.82, 2.24) is 4.90 Å². The predicted octanol–water partition coefficient (Wildman–Crippen LogP) is 3.87. The first-order chi connectivity index (χ1) is 10.6. The Balaban J connectivity index is 1.94. The quantitative estimate of drug-likeness (QED) is 0.833. The van der Waals surface area contributed by atoms with Crippen molar-refractivity contribution in [3.05, 3.63) is 45.6 Å². The van der Waals surface area contributed by atoms with Crippen molar-refractivity contribution in [3.8, 4) is 5.75 Å². The lowest BCUT2D eigenvalue weighted by atomic mass is 10.3. The minimum Gasteiger partial charge on any atom is -0.495 e. The van der Waals surface area contributed by atoms with E-state index in [-0.39, 0.29) is 5.91 Å². The van der Waals surface area contributed by atoms with E-state index in [1.807, 2.05) is 43.3 Å². The highest BCUT2D eigenvalue weighted by Gasteiger charge is 2.12. The minimum absolute atomic E-state index is 0.0611. The van der Waals surface area contributed by atoms with Gasteiger partial charge in [0.05, 0.1) is 23.7 Å². The summed E-state index contributed by atoms with van der Waals surface area (Å²) in [5.41, 5.74) is 0.685. The molecule has 118 valence electrons. The van der Waals surface area contributed by atoms with Gasteiger partial charge in [-0.1, -0.05) is 30.7 Å². The molecule has 0 aliphatic heterocycles. The number of hydrogen-bond acceptors (Lipinski definition) is 4. The van der Waals surface area contributed by atoms with E-state index in [2.05, 4.69) is 10.2 Å². The van der Waals surface area contributed by atoms with E-state index in [4.69, 9.17) is 16.3 Å². The number of halogens is 1. The second kappa shape index (κ2) is 8.17. The number of rotatable bonds is 7. The molecule has 0 fully saturated rings. The zero-order valence-corrected chi connectivity index (χ0v) is 14.2. The van der Waals surface area contributed by atoms with Crippen molar-refractivity contribution in [2.75, 3.05) is 25.5 Å². The van der Waals surface area contributed by atoms with Crippen LogP contribution >= 0.6 is 22.9 Å². The third-order valence-corrected chi connectivity index (χ3v) is 4.42. The van der Waals surface area contributed by atoms with E-state index in [0.29, 0.717) is 24.5 Å². The molecule has 1 heterocycles. The number of hydrogen-bond donors (Lipinski definition) is 1. The van der Waals surface area contributed by atoms with Crippen molar-refractivity contribution < 1.29 is 9.53 Å². The molecule has 0 saturated heterocycles. The first-order valence-electron chi connectivity index (χ1n) is 7.01. The van der Waals surface area contributed by atoms with Gasteiger partial charge in [-0.05, 0) is 30.8 Å². The maximum Gasteiger partial charge on any atom is 0.238 e.